The number of fused-ring (bicyclic) bond motifs is 3. The molecule has 1 atom stereocenters. The predicted molar refractivity (Wildman–Crippen MR) is 127 cm³/mol. The Kier molecular flexibility index (Phi) is 6.52. The highest BCUT2D eigenvalue weighted by molar-refractivity contribution is 7.90. The number of amides is 1. The van der Waals surface area contributed by atoms with Crippen LogP contribution in [-0.2, 0) is 19.6 Å². The van der Waals surface area contributed by atoms with Crippen LogP contribution in [-0.4, -0.2) is 44.6 Å². The summed E-state index contributed by atoms with van der Waals surface area (Å²) in [6.07, 6.45) is 2.23. The van der Waals surface area contributed by atoms with Crippen molar-refractivity contribution in [1.29, 1.82) is 0 Å². The lowest BCUT2D eigenvalue weighted by atomic mass is 10.1. The average molecular weight is 484 g/mol. The van der Waals surface area contributed by atoms with Gasteiger partial charge in [0.1, 0.15) is 10.7 Å². The van der Waals surface area contributed by atoms with E-state index in [2.05, 4.69) is 9.71 Å². The first-order valence-electron chi connectivity index (χ1n) is 11.0. The fourth-order valence-corrected chi connectivity index (χ4v) is 5.23. The van der Waals surface area contributed by atoms with E-state index in [0.29, 0.717) is 35.7 Å². The third kappa shape index (κ3) is 4.86. The second-order valence-corrected chi connectivity index (χ2v) is 9.87. The molecule has 1 saturated heterocycles. The minimum atomic E-state index is -3.95. The number of rotatable bonds is 5. The lowest BCUT2D eigenvalue weighted by molar-refractivity contribution is -0.123. The Hall–Kier alpha value is -3.53. The van der Waals surface area contributed by atoms with Crippen molar-refractivity contribution in [2.45, 2.75) is 50.5 Å². The Labute approximate surface area is 197 Å². The molecule has 2 aliphatic rings. The molecule has 2 heterocycles. The van der Waals surface area contributed by atoms with Crippen LogP contribution in [0.1, 0.15) is 60.2 Å². The van der Waals surface area contributed by atoms with E-state index >= 15 is 0 Å². The van der Waals surface area contributed by atoms with E-state index < -0.39 is 28.0 Å². The van der Waals surface area contributed by atoms with E-state index in [4.69, 9.17) is 4.74 Å². The second-order valence-electron chi connectivity index (χ2n) is 8.30. The highest BCUT2D eigenvalue weighted by atomic mass is 32.2. The van der Waals surface area contributed by atoms with Crippen LogP contribution in [0.4, 0.5) is 11.4 Å². The van der Waals surface area contributed by atoms with Gasteiger partial charge in [-0.15, -0.1) is 4.40 Å². The van der Waals surface area contributed by atoms with Crippen molar-refractivity contribution < 1.29 is 27.5 Å². The maximum absolute atomic E-state index is 12.8. The van der Waals surface area contributed by atoms with Crippen LogP contribution in [0.5, 0.6) is 0 Å². The van der Waals surface area contributed by atoms with E-state index in [-0.39, 0.29) is 16.2 Å². The number of benzene rings is 2. The zero-order chi connectivity index (χ0) is 24.5. The van der Waals surface area contributed by atoms with Crippen LogP contribution < -0.4 is 10.2 Å². The van der Waals surface area contributed by atoms with Crippen LogP contribution in [0.3, 0.4) is 0 Å². The zero-order valence-corrected chi connectivity index (χ0v) is 19.7. The van der Waals surface area contributed by atoms with Gasteiger partial charge in [-0.25, -0.2) is 4.79 Å². The molecular formula is C24H25N3O6S. The van der Waals surface area contributed by atoms with Crippen LogP contribution >= 0.6 is 0 Å². The van der Waals surface area contributed by atoms with Crippen LogP contribution in [0.2, 0.25) is 0 Å². The highest BCUT2D eigenvalue weighted by Crippen LogP contribution is 2.35. The van der Waals surface area contributed by atoms with Gasteiger partial charge in [0.25, 0.3) is 15.9 Å². The second kappa shape index (κ2) is 9.38. The largest absolute Gasteiger partial charge is 0.449 e. The molecule has 9 nitrogen and oxygen atoms in total. The molecule has 1 fully saturated rings. The average Bonchev–Trinajstić information content (AvgIpc) is 3.03. The summed E-state index contributed by atoms with van der Waals surface area (Å²) in [5, 5.41) is 2.61. The van der Waals surface area contributed by atoms with Crippen molar-refractivity contribution in [3.63, 3.8) is 0 Å². The molecule has 0 aliphatic carbocycles. The number of carbonyl (C=O) groups excluding carboxylic acids is 3. The highest BCUT2D eigenvalue weighted by Gasteiger charge is 2.32. The summed E-state index contributed by atoms with van der Waals surface area (Å²) in [4.78, 5) is 38.6. The van der Waals surface area contributed by atoms with E-state index in [0.717, 1.165) is 19.3 Å². The van der Waals surface area contributed by atoms with Gasteiger partial charge in [-0.1, -0.05) is 18.6 Å². The zero-order valence-electron chi connectivity index (χ0n) is 18.9. The van der Waals surface area contributed by atoms with Gasteiger partial charge in [0.15, 0.2) is 11.9 Å². The first-order chi connectivity index (χ1) is 16.2. The molecule has 2 aliphatic heterocycles. The van der Waals surface area contributed by atoms with Gasteiger partial charge in [-0.05, 0) is 57.0 Å². The molecule has 2 aromatic carbocycles. The van der Waals surface area contributed by atoms with Crippen molar-refractivity contribution in [3.05, 3.63) is 53.6 Å². The molecule has 178 valence electrons. The van der Waals surface area contributed by atoms with E-state index in [1.807, 2.05) is 4.90 Å². The monoisotopic (exact) mass is 483 g/mol. The van der Waals surface area contributed by atoms with Crippen molar-refractivity contribution in [1.82, 2.24) is 0 Å². The van der Waals surface area contributed by atoms with Crippen molar-refractivity contribution in [3.8, 4) is 0 Å². The summed E-state index contributed by atoms with van der Waals surface area (Å²) in [7, 11) is -3.95. The maximum Gasteiger partial charge on any atom is 0.338 e. The molecule has 0 radical (unpaired) electrons. The van der Waals surface area contributed by atoms with E-state index in [1.165, 1.54) is 32.0 Å². The molecule has 0 aromatic heterocycles. The number of ether oxygens (including phenoxy) is 1. The lowest BCUT2D eigenvalue weighted by Gasteiger charge is -2.29. The number of esters is 1. The van der Waals surface area contributed by atoms with Crippen LogP contribution in [0, 0.1) is 0 Å². The van der Waals surface area contributed by atoms with Gasteiger partial charge >= 0.3 is 5.97 Å². The summed E-state index contributed by atoms with van der Waals surface area (Å²) < 4.78 is 34.8. The Morgan fingerprint density at radius 2 is 1.85 bits per heavy atom. The summed E-state index contributed by atoms with van der Waals surface area (Å²) in [5.74, 6) is -1.03. The third-order valence-corrected chi connectivity index (χ3v) is 7.11. The van der Waals surface area contributed by atoms with Crippen molar-refractivity contribution in [2.75, 3.05) is 16.8 Å². The summed E-state index contributed by atoms with van der Waals surface area (Å²) in [6.45, 7) is 3.49. The van der Waals surface area contributed by atoms with Gasteiger partial charge in [0.2, 0.25) is 0 Å². The molecule has 4 rings (SSSR count). The third-order valence-electron chi connectivity index (χ3n) is 5.77. The van der Waals surface area contributed by atoms with Crippen LogP contribution in [0.25, 0.3) is 0 Å². The number of Topliss-reactive ketones (excluding diaryl/α,β-unsaturated/α-hetero) is 1. The fourth-order valence-electron chi connectivity index (χ4n) is 3.95. The van der Waals surface area contributed by atoms with Gasteiger partial charge in [-0.3, -0.25) is 9.59 Å². The molecule has 1 N–H and O–H groups in total. The molecule has 1 amide bonds. The Morgan fingerprint density at radius 1 is 1.06 bits per heavy atom. The predicted octanol–water partition coefficient (Wildman–Crippen LogP) is 3.55. The summed E-state index contributed by atoms with van der Waals surface area (Å²) in [5.41, 5.74) is 1.34. The minimum Gasteiger partial charge on any atom is -0.449 e. The molecule has 0 spiro atoms. The minimum absolute atomic E-state index is 0.00836. The standard InChI is InChI=1S/C24H25N3O6S/c1-15(28)17-7-6-8-19(13-17)25-23(29)16(2)33-24(30)18-10-11-20-21(14-18)34(31,32)26-22-9-4-3-5-12-27(20)22/h6-8,10-11,13-14,16H,3-5,9,12H2,1-2H3,(H,25,29)/t16-/m0/s1. The first-order valence-corrected chi connectivity index (χ1v) is 12.5. The Bertz CT molecular complexity index is 1300. The number of nitrogens with one attached hydrogen (secondary N) is 1. The number of sulfonamides is 1. The van der Waals surface area contributed by atoms with Gasteiger partial charge in [-0.2, -0.15) is 8.42 Å². The number of ketones is 1. The number of amidine groups is 1. The molecule has 0 bridgehead atoms. The smallest absolute Gasteiger partial charge is 0.338 e. The van der Waals surface area contributed by atoms with Gasteiger partial charge < -0.3 is 15.0 Å². The maximum atomic E-state index is 12.8. The number of hydrogen-bond acceptors (Lipinski definition) is 7. The first kappa shape index (κ1) is 23.6. The van der Waals surface area contributed by atoms with Gasteiger partial charge in [0.05, 0.1) is 11.3 Å². The van der Waals surface area contributed by atoms with E-state index in [9.17, 15) is 22.8 Å². The Morgan fingerprint density at radius 3 is 2.62 bits per heavy atom. The topological polar surface area (TPSA) is 122 Å². The quantitative estimate of drug-likeness (QED) is 0.510. The van der Waals surface area contributed by atoms with Crippen molar-refractivity contribution in [2.24, 2.45) is 4.40 Å². The summed E-state index contributed by atoms with van der Waals surface area (Å²) >= 11 is 0. The number of nitrogens with zero attached hydrogens (tertiary/aromatic N) is 2. The SMILES string of the molecule is CC(=O)c1cccc(NC(=O)[C@H](C)OC(=O)c2ccc3c(c2)S(=O)(=O)N=C2CCCCCN23)c1. The number of carbonyl (C=O) groups is 3. The molecule has 34 heavy (non-hydrogen) atoms. The lowest BCUT2D eigenvalue weighted by Crippen LogP contribution is -2.35. The molecular weight excluding hydrogens is 458 g/mol. The van der Waals surface area contributed by atoms with Crippen molar-refractivity contribution >= 4 is 44.9 Å². The van der Waals surface area contributed by atoms with E-state index in [1.54, 1.807) is 24.3 Å². The fraction of sp³-hybridized carbons (Fsp3) is 0.333. The number of hydrogen-bond donors (Lipinski definition) is 1. The van der Waals surface area contributed by atoms with Gasteiger partial charge in [0, 0.05) is 24.2 Å². The Balaban J connectivity index is 1.50. The molecule has 2 aromatic rings. The molecule has 10 heteroatoms. The van der Waals surface area contributed by atoms with Crippen LogP contribution in [0.15, 0.2) is 51.8 Å². The number of anilines is 2. The molecule has 0 unspecified atom stereocenters. The summed E-state index contributed by atoms with van der Waals surface area (Å²) in [6, 6.07) is 10.7. The normalized spacial score (nSPS) is 17.4. The molecule has 0 saturated carbocycles.